The van der Waals surface area contributed by atoms with Gasteiger partial charge in [-0.25, -0.2) is 4.98 Å². The minimum absolute atomic E-state index is 0.101. The molecule has 0 saturated heterocycles. The lowest BCUT2D eigenvalue weighted by molar-refractivity contribution is -0.383. The molecule has 0 amide bonds. The van der Waals surface area contributed by atoms with Crippen LogP contribution in [0, 0.1) is 17.0 Å². The van der Waals surface area contributed by atoms with Gasteiger partial charge in [0.05, 0.1) is 10.3 Å². The Kier molecular flexibility index (Phi) is 1.51. The number of nitrogens with one attached hydrogen (secondary N) is 1. The maximum absolute atomic E-state index is 10.6. The summed E-state index contributed by atoms with van der Waals surface area (Å²) in [7, 11) is 0. The first kappa shape index (κ1) is 7.72. The zero-order valence-corrected chi connectivity index (χ0v) is 6.94. The molecule has 66 valence electrons. The molecule has 0 aliphatic heterocycles. The molecule has 5 nitrogen and oxygen atoms in total. The number of hydrogen-bond acceptors (Lipinski definition) is 3. The number of rotatable bonds is 1. The highest BCUT2D eigenvalue weighted by Gasteiger charge is 2.13. The molecule has 13 heavy (non-hydrogen) atoms. The number of aryl methyl sites for hydroxylation is 1. The number of aromatic amines is 1. The van der Waals surface area contributed by atoms with E-state index in [1.54, 1.807) is 19.2 Å². The summed E-state index contributed by atoms with van der Waals surface area (Å²) < 4.78 is 0. The number of nitrogens with zero attached hydrogens (tertiary/aromatic N) is 2. The highest BCUT2D eigenvalue weighted by atomic mass is 16.6. The van der Waals surface area contributed by atoms with Crippen LogP contribution in [0.5, 0.6) is 0 Å². The molecule has 0 bridgehead atoms. The minimum Gasteiger partial charge on any atom is -0.346 e. The molecular formula is C8H7N3O2. The van der Waals surface area contributed by atoms with Gasteiger partial charge in [0.25, 0.3) is 5.69 Å². The summed E-state index contributed by atoms with van der Waals surface area (Å²) in [6, 6.07) is 3.12. The third kappa shape index (κ3) is 1.14. The number of H-pyrrole nitrogens is 1. The first-order valence-corrected chi connectivity index (χ1v) is 3.77. The highest BCUT2D eigenvalue weighted by molar-refractivity contribution is 5.85. The third-order valence-electron chi connectivity index (χ3n) is 1.83. The van der Waals surface area contributed by atoms with Crippen molar-refractivity contribution in [3.63, 3.8) is 0 Å². The van der Waals surface area contributed by atoms with Crippen molar-refractivity contribution >= 4 is 16.7 Å². The van der Waals surface area contributed by atoms with E-state index >= 15 is 0 Å². The topological polar surface area (TPSA) is 71.8 Å². The minimum atomic E-state index is -0.398. The Labute approximate surface area is 73.6 Å². The van der Waals surface area contributed by atoms with E-state index in [1.165, 1.54) is 6.07 Å². The molecular weight excluding hydrogens is 170 g/mol. The van der Waals surface area contributed by atoms with E-state index in [-0.39, 0.29) is 5.69 Å². The Hall–Kier alpha value is -1.91. The van der Waals surface area contributed by atoms with Gasteiger partial charge in [-0.2, -0.15) is 0 Å². The normalized spacial score (nSPS) is 10.5. The van der Waals surface area contributed by atoms with Crippen LogP contribution in [0.2, 0.25) is 0 Å². The van der Waals surface area contributed by atoms with Crippen LogP contribution in [0.3, 0.4) is 0 Å². The van der Waals surface area contributed by atoms with Crippen LogP contribution in [-0.2, 0) is 0 Å². The van der Waals surface area contributed by atoms with Crippen LogP contribution < -0.4 is 0 Å². The van der Waals surface area contributed by atoms with Gasteiger partial charge in [-0.1, -0.05) is 0 Å². The third-order valence-corrected chi connectivity index (χ3v) is 1.83. The summed E-state index contributed by atoms with van der Waals surface area (Å²) in [6.45, 7) is 1.73. The Morgan fingerprint density at radius 3 is 3.08 bits per heavy atom. The van der Waals surface area contributed by atoms with Crippen LogP contribution in [-0.4, -0.2) is 14.9 Å². The SMILES string of the molecule is Cc1cc([N+](=O)[O-])c2cc[nH]c2n1. The Bertz CT molecular complexity index is 475. The molecule has 0 spiro atoms. The largest absolute Gasteiger partial charge is 0.346 e. The second-order valence-corrected chi connectivity index (χ2v) is 2.78. The van der Waals surface area contributed by atoms with Crippen molar-refractivity contribution in [3.05, 3.63) is 34.1 Å². The summed E-state index contributed by atoms with van der Waals surface area (Å²) in [5.74, 6) is 0. The number of hydrogen-bond donors (Lipinski definition) is 1. The Balaban J connectivity index is 2.84. The zero-order chi connectivity index (χ0) is 9.42. The molecule has 0 aromatic carbocycles. The predicted octanol–water partition coefficient (Wildman–Crippen LogP) is 1.78. The molecule has 0 aliphatic rings. The van der Waals surface area contributed by atoms with E-state index in [2.05, 4.69) is 9.97 Å². The first-order valence-electron chi connectivity index (χ1n) is 3.77. The van der Waals surface area contributed by atoms with E-state index < -0.39 is 4.92 Å². The van der Waals surface area contributed by atoms with Crippen molar-refractivity contribution in [2.24, 2.45) is 0 Å². The van der Waals surface area contributed by atoms with Crippen LogP contribution >= 0.6 is 0 Å². The van der Waals surface area contributed by atoms with E-state index in [4.69, 9.17) is 0 Å². The fourth-order valence-electron chi connectivity index (χ4n) is 1.30. The number of nitro groups is 1. The molecule has 2 aromatic rings. The van der Waals surface area contributed by atoms with E-state index in [0.29, 0.717) is 16.7 Å². The van der Waals surface area contributed by atoms with Gasteiger partial charge in [-0.05, 0) is 13.0 Å². The van der Waals surface area contributed by atoms with Crippen molar-refractivity contribution in [1.29, 1.82) is 0 Å². The molecule has 2 heterocycles. The molecule has 1 N–H and O–H groups in total. The van der Waals surface area contributed by atoms with E-state index in [0.717, 1.165) is 0 Å². The van der Waals surface area contributed by atoms with Crippen molar-refractivity contribution in [2.45, 2.75) is 6.92 Å². The summed E-state index contributed by atoms with van der Waals surface area (Å²) in [4.78, 5) is 17.2. The highest BCUT2D eigenvalue weighted by Crippen LogP contribution is 2.23. The predicted molar refractivity (Wildman–Crippen MR) is 47.5 cm³/mol. The van der Waals surface area contributed by atoms with Gasteiger partial charge in [-0.15, -0.1) is 0 Å². The molecule has 0 atom stereocenters. The lowest BCUT2D eigenvalue weighted by atomic mass is 10.2. The van der Waals surface area contributed by atoms with Gasteiger partial charge >= 0.3 is 0 Å². The average Bonchev–Trinajstić information content (AvgIpc) is 2.49. The lowest BCUT2D eigenvalue weighted by Crippen LogP contribution is -1.91. The van der Waals surface area contributed by atoms with Crippen molar-refractivity contribution in [1.82, 2.24) is 9.97 Å². The van der Waals surface area contributed by atoms with E-state index in [1.807, 2.05) is 0 Å². The number of pyridine rings is 1. The zero-order valence-electron chi connectivity index (χ0n) is 6.94. The maximum Gasteiger partial charge on any atom is 0.282 e. The standard InChI is InChI=1S/C8H7N3O2/c1-5-4-7(11(12)13)6-2-3-9-8(6)10-5/h2-4H,1H3,(H,9,10). The van der Waals surface area contributed by atoms with Gasteiger partial charge < -0.3 is 4.98 Å². The van der Waals surface area contributed by atoms with Crippen molar-refractivity contribution in [2.75, 3.05) is 0 Å². The van der Waals surface area contributed by atoms with Crippen molar-refractivity contribution in [3.8, 4) is 0 Å². The van der Waals surface area contributed by atoms with Crippen LogP contribution in [0.25, 0.3) is 11.0 Å². The van der Waals surface area contributed by atoms with Crippen LogP contribution in [0.15, 0.2) is 18.3 Å². The molecule has 0 saturated carbocycles. The summed E-state index contributed by atoms with van der Waals surface area (Å²) >= 11 is 0. The van der Waals surface area contributed by atoms with E-state index in [9.17, 15) is 10.1 Å². The lowest BCUT2D eigenvalue weighted by Gasteiger charge is -1.95. The monoisotopic (exact) mass is 177 g/mol. The van der Waals surface area contributed by atoms with Crippen LogP contribution in [0.4, 0.5) is 5.69 Å². The molecule has 5 heteroatoms. The first-order chi connectivity index (χ1) is 6.18. The van der Waals surface area contributed by atoms with Crippen molar-refractivity contribution < 1.29 is 4.92 Å². The average molecular weight is 177 g/mol. The van der Waals surface area contributed by atoms with Crippen LogP contribution in [0.1, 0.15) is 5.69 Å². The molecule has 0 unspecified atom stereocenters. The fourth-order valence-corrected chi connectivity index (χ4v) is 1.30. The number of fused-ring (bicyclic) bond motifs is 1. The van der Waals surface area contributed by atoms with Gasteiger partial charge in [0.2, 0.25) is 0 Å². The molecule has 0 fully saturated rings. The maximum atomic E-state index is 10.6. The molecule has 0 radical (unpaired) electrons. The molecule has 2 aromatic heterocycles. The van der Waals surface area contributed by atoms with Gasteiger partial charge in [0, 0.05) is 18.0 Å². The molecule has 2 rings (SSSR count). The van der Waals surface area contributed by atoms with Gasteiger partial charge in [0.15, 0.2) is 0 Å². The quantitative estimate of drug-likeness (QED) is 0.533. The fraction of sp³-hybridized carbons (Fsp3) is 0.125. The second-order valence-electron chi connectivity index (χ2n) is 2.78. The molecule has 0 aliphatic carbocycles. The summed E-state index contributed by atoms with van der Waals surface area (Å²) in [5.41, 5.74) is 1.30. The van der Waals surface area contributed by atoms with Gasteiger partial charge in [0.1, 0.15) is 5.65 Å². The smallest absolute Gasteiger partial charge is 0.282 e. The Morgan fingerprint density at radius 1 is 1.62 bits per heavy atom. The number of aromatic nitrogens is 2. The summed E-state index contributed by atoms with van der Waals surface area (Å²) in [5, 5.41) is 11.2. The summed E-state index contributed by atoms with van der Waals surface area (Å²) in [6.07, 6.45) is 1.64. The second kappa shape index (κ2) is 2.55. The van der Waals surface area contributed by atoms with Gasteiger partial charge in [-0.3, -0.25) is 10.1 Å². The Morgan fingerprint density at radius 2 is 2.38 bits per heavy atom.